The monoisotopic (exact) mass is 362 g/mol. The van der Waals surface area contributed by atoms with Crippen LogP contribution in [-0.2, 0) is 4.79 Å². The highest BCUT2D eigenvalue weighted by Gasteiger charge is 2.42. The molecule has 1 heterocycles. The summed E-state index contributed by atoms with van der Waals surface area (Å²) in [7, 11) is 6.13. The van der Waals surface area contributed by atoms with Gasteiger partial charge in [-0.15, -0.1) is 0 Å². The van der Waals surface area contributed by atoms with Crippen molar-refractivity contribution in [3.05, 3.63) is 0 Å². The Morgan fingerprint density at radius 2 is 1.73 bits per heavy atom. The number of nitrogens with one attached hydrogen (secondary N) is 1. The number of nitrogens with zero attached hydrogens (tertiary/aromatic N) is 3. The van der Waals surface area contributed by atoms with E-state index in [4.69, 9.17) is 5.41 Å². The second-order valence-electron chi connectivity index (χ2n) is 9.11. The number of likely N-dealkylation sites (N-methyl/N-ethyl adjacent to an activating group) is 1. The molecule has 1 N–H and O–H groups in total. The van der Waals surface area contributed by atoms with E-state index in [2.05, 4.69) is 23.9 Å². The summed E-state index contributed by atoms with van der Waals surface area (Å²) in [6.45, 7) is 0.883. The van der Waals surface area contributed by atoms with Gasteiger partial charge in [-0.1, -0.05) is 44.9 Å². The second kappa shape index (κ2) is 8.73. The Hall–Kier alpha value is -1.10. The second-order valence-corrected chi connectivity index (χ2v) is 9.11. The van der Waals surface area contributed by atoms with Gasteiger partial charge in [0.05, 0.1) is 0 Å². The topological polar surface area (TPSA) is 50.6 Å². The van der Waals surface area contributed by atoms with E-state index in [1.165, 1.54) is 57.8 Å². The van der Waals surface area contributed by atoms with Crippen molar-refractivity contribution in [3.63, 3.8) is 0 Å². The highest BCUT2D eigenvalue weighted by molar-refractivity contribution is 6.04. The lowest BCUT2D eigenvalue weighted by atomic mass is 9.81. The van der Waals surface area contributed by atoms with Crippen LogP contribution in [0.5, 0.6) is 0 Å². The number of amides is 1. The van der Waals surface area contributed by atoms with Crippen LogP contribution >= 0.6 is 0 Å². The molecule has 1 amide bonds. The Balaban J connectivity index is 1.60. The molecule has 0 aromatic heterocycles. The minimum absolute atomic E-state index is 0.0954. The summed E-state index contributed by atoms with van der Waals surface area (Å²) in [4.78, 5) is 18.8. The standard InChI is InChI=1S/C21H38N4O/c1-23(2)18-11-7-10-17(14-18)15-19-20(26)24(3)21(22)25(19)13-12-16-8-5-4-6-9-16/h16-19,22H,4-15H2,1-3H3/t17-,18-,19-/m1/s1. The number of hydrogen-bond donors (Lipinski definition) is 1. The van der Waals surface area contributed by atoms with Gasteiger partial charge in [0.1, 0.15) is 6.04 Å². The summed E-state index contributed by atoms with van der Waals surface area (Å²) in [5.41, 5.74) is 0. The molecule has 0 spiro atoms. The number of guanidine groups is 1. The van der Waals surface area contributed by atoms with Gasteiger partial charge in [-0.2, -0.15) is 0 Å². The van der Waals surface area contributed by atoms with E-state index in [-0.39, 0.29) is 11.9 Å². The molecule has 0 bridgehead atoms. The molecule has 1 saturated heterocycles. The SMILES string of the molecule is CN1C(=N)N(CCC2CCCCC2)[C@H](C[C@@H]2CCC[C@@H](N(C)C)C2)C1=O. The maximum atomic E-state index is 12.8. The molecular weight excluding hydrogens is 324 g/mol. The Bertz CT molecular complexity index is 500. The van der Waals surface area contributed by atoms with Gasteiger partial charge in [-0.25, -0.2) is 0 Å². The first-order chi connectivity index (χ1) is 12.5. The van der Waals surface area contributed by atoms with Crippen LogP contribution in [0.15, 0.2) is 0 Å². The molecule has 1 aliphatic heterocycles. The predicted molar refractivity (Wildman–Crippen MR) is 106 cm³/mol. The van der Waals surface area contributed by atoms with Crippen LogP contribution in [0.1, 0.15) is 70.6 Å². The van der Waals surface area contributed by atoms with Crippen LogP contribution in [0, 0.1) is 17.2 Å². The summed E-state index contributed by atoms with van der Waals surface area (Å²) in [6.07, 6.45) is 13.8. The highest BCUT2D eigenvalue weighted by atomic mass is 16.2. The number of rotatable bonds is 6. The number of carbonyl (C=O) groups excluding carboxylic acids is 1. The van der Waals surface area contributed by atoms with E-state index >= 15 is 0 Å². The third-order valence-corrected chi connectivity index (χ3v) is 7.13. The molecule has 26 heavy (non-hydrogen) atoms. The zero-order valence-electron chi connectivity index (χ0n) is 17.0. The van der Waals surface area contributed by atoms with Crippen molar-refractivity contribution in [2.24, 2.45) is 11.8 Å². The quantitative estimate of drug-likeness (QED) is 0.786. The third kappa shape index (κ3) is 4.41. The third-order valence-electron chi connectivity index (χ3n) is 7.13. The lowest BCUT2D eigenvalue weighted by Gasteiger charge is -2.35. The van der Waals surface area contributed by atoms with Gasteiger partial charge in [-0.3, -0.25) is 15.1 Å². The molecule has 0 radical (unpaired) electrons. The van der Waals surface area contributed by atoms with E-state index in [0.29, 0.717) is 17.9 Å². The van der Waals surface area contributed by atoms with Gasteiger partial charge in [0, 0.05) is 19.6 Å². The zero-order valence-corrected chi connectivity index (χ0v) is 17.0. The largest absolute Gasteiger partial charge is 0.331 e. The molecule has 0 aromatic rings. The van der Waals surface area contributed by atoms with Gasteiger partial charge in [-0.05, 0) is 51.6 Å². The average molecular weight is 363 g/mol. The van der Waals surface area contributed by atoms with Crippen molar-refractivity contribution in [1.29, 1.82) is 5.41 Å². The fourth-order valence-corrected chi connectivity index (χ4v) is 5.35. The van der Waals surface area contributed by atoms with Gasteiger partial charge in [0.2, 0.25) is 5.96 Å². The van der Waals surface area contributed by atoms with E-state index in [1.54, 1.807) is 11.9 Å². The predicted octanol–water partition coefficient (Wildman–Crippen LogP) is 3.54. The molecule has 3 atom stereocenters. The van der Waals surface area contributed by atoms with Crippen molar-refractivity contribution in [2.75, 3.05) is 27.7 Å². The summed E-state index contributed by atoms with van der Waals surface area (Å²) in [5.74, 6) is 1.98. The fourth-order valence-electron chi connectivity index (χ4n) is 5.35. The number of carbonyl (C=O) groups is 1. The van der Waals surface area contributed by atoms with Crippen LogP contribution in [0.4, 0.5) is 0 Å². The molecule has 0 unspecified atom stereocenters. The highest BCUT2D eigenvalue weighted by Crippen LogP contribution is 2.34. The van der Waals surface area contributed by atoms with Crippen molar-refractivity contribution >= 4 is 11.9 Å². The van der Waals surface area contributed by atoms with Crippen LogP contribution < -0.4 is 0 Å². The Morgan fingerprint density at radius 1 is 1.04 bits per heavy atom. The van der Waals surface area contributed by atoms with E-state index in [9.17, 15) is 4.79 Å². The number of hydrogen-bond acceptors (Lipinski definition) is 3. The van der Waals surface area contributed by atoms with Crippen molar-refractivity contribution in [2.45, 2.75) is 82.7 Å². The maximum absolute atomic E-state index is 12.8. The van der Waals surface area contributed by atoms with Crippen LogP contribution in [-0.4, -0.2) is 66.3 Å². The minimum atomic E-state index is -0.0954. The fraction of sp³-hybridized carbons (Fsp3) is 0.905. The Morgan fingerprint density at radius 3 is 2.42 bits per heavy atom. The van der Waals surface area contributed by atoms with E-state index < -0.39 is 0 Å². The molecule has 3 aliphatic rings. The molecule has 2 saturated carbocycles. The normalized spacial score (nSPS) is 31.3. The van der Waals surface area contributed by atoms with Gasteiger partial charge in [0.25, 0.3) is 5.91 Å². The van der Waals surface area contributed by atoms with Crippen LogP contribution in [0.3, 0.4) is 0 Å². The Labute approximate surface area is 159 Å². The minimum Gasteiger partial charge on any atom is -0.331 e. The first-order valence-electron chi connectivity index (χ1n) is 10.8. The Kier molecular flexibility index (Phi) is 6.60. The molecule has 148 valence electrons. The lowest BCUT2D eigenvalue weighted by molar-refractivity contribution is -0.127. The summed E-state index contributed by atoms with van der Waals surface area (Å²) in [6, 6.07) is 0.556. The molecule has 3 rings (SSSR count). The molecule has 0 aromatic carbocycles. The van der Waals surface area contributed by atoms with Crippen molar-refractivity contribution in [3.8, 4) is 0 Å². The lowest BCUT2D eigenvalue weighted by Crippen LogP contribution is -2.40. The summed E-state index contributed by atoms with van der Waals surface area (Å²) >= 11 is 0. The molecule has 3 fully saturated rings. The molecular formula is C21H38N4O. The van der Waals surface area contributed by atoms with E-state index in [0.717, 1.165) is 25.3 Å². The summed E-state index contributed by atoms with van der Waals surface area (Å²) < 4.78 is 0. The van der Waals surface area contributed by atoms with Gasteiger partial charge >= 0.3 is 0 Å². The van der Waals surface area contributed by atoms with Gasteiger partial charge in [0.15, 0.2) is 0 Å². The maximum Gasteiger partial charge on any atom is 0.251 e. The van der Waals surface area contributed by atoms with E-state index in [1.807, 2.05) is 0 Å². The summed E-state index contributed by atoms with van der Waals surface area (Å²) in [5, 5.41) is 8.44. The smallest absolute Gasteiger partial charge is 0.251 e. The first-order valence-corrected chi connectivity index (χ1v) is 10.8. The molecule has 2 aliphatic carbocycles. The molecule has 5 heteroatoms. The van der Waals surface area contributed by atoms with Crippen LogP contribution in [0.25, 0.3) is 0 Å². The van der Waals surface area contributed by atoms with Crippen molar-refractivity contribution in [1.82, 2.24) is 14.7 Å². The van der Waals surface area contributed by atoms with Gasteiger partial charge < -0.3 is 9.80 Å². The average Bonchev–Trinajstić information content (AvgIpc) is 2.85. The zero-order chi connectivity index (χ0) is 18.7. The first kappa shape index (κ1) is 19.7. The van der Waals surface area contributed by atoms with Crippen LogP contribution in [0.2, 0.25) is 0 Å². The van der Waals surface area contributed by atoms with Crippen molar-refractivity contribution < 1.29 is 4.79 Å². The molecule has 5 nitrogen and oxygen atoms in total.